The van der Waals surface area contributed by atoms with Gasteiger partial charge in [0.05, 0.1) is 9.90 Å². The number of nitrogens with zero attached hydrogens (tertiary/aromatic N) is 3. The van der Waals surface area contributed by atoms with Crippen LogP contribution in [0.5, 0.6) is 0 Å². The van der Waals surface area contributed by atoms with Crippen LogP contribution in [-0.2, 0) is 11.2 Å². The molecule has 1 N–H and O–H groups in total. The van der Waals surface area contributed by atoms with Crippen molar-refractivity contribution in [2.24, 2.45) is 0 Å². The van der Waals surface area contributed by atoms with E-state index < -0.39 is 0 Å². The van der Waals surface area contributed by atoms with E-state index in [0.29, 0.717) is 41.8 Å². The summed E-state index contributed by atoms with van der Waals surface area (Å²) in [4.78, 5) is 21.1. The van der Waals surface area contributed by atoms with Gasteiger partial charge in [0.2, 0.25) is 17.6 Å². The molecule has 118 valence electrons. The summed E-state index contributed by atoms with van der Waals surface area (Å²) < 4.78 is 5.19. The zero-order valence-corrected chi connectivity index (χ0v) is 13.6. The fraction of sp³-hybridized carbons (Fsp3) is 0.200. The molecule has 23 heavy (non-hydrogen) atoms. The van der Waals surface area contributed by atoms with E-state index in [-0.39, 0.29) is 5.91 Å². The van der Waals surface area contributed by atoms with E-state index in [2.05, 4.69) is 20.4 Å². The Kier molecular flexibility index (Phi) is 4.99. The van der Waals surface area contributed by atoms with Crippen LogP contribution >= 0.6 is 22.9 Å². The first-order valence-corrected chi connectivity index (χ1v) is 8.24. The van der Waals surface area contributed by atoms with Crippen molar-refractivity contribution in [3.8, 4) is 10.7 Å². The number of amides is 1. The molecule has 0 atom stereocenters. The predicted molar refractivity (Wildman–Crippen MR) is 88.4 cm³/mol. The highest BCUT2D eigenvalue weighted by Crippen LogP contribution is 2.21. The maximum atomic E-state index is 11.8. The number of rotatable bonds is 6. The second-order valence-corrected chi connectivity index (χ2v) is 6.14. The van der Waals surface area contributed by atoms with Crippen molar-refractivity contribution in [3.63, 3.8) is 0 Å². The van der Waals surface area contributed by atoms with E-state index >= 15 is 0 Å². The van der Waals surface area contributed by atoms with Crippen LogP contribution in [0.15, 0.2) is 40.4 Å². The van der Waals surface area contributed by atoms with E-state index in [1.54, 1.807) is 23.5 Å². The molecule has 0 aliphatic heterocycles. The van der Waals surface area contributed by atoms with Gasteiger partial charge in [-0.05, 0) is 30.0 Å². The van der Waals surface area contributed by atoms with Gasteiger partial charge in [-0.1, -0.05) is 22.8 Å². The molecule has 3 rings (SSSR count). The fourth-order valence-electron chi connectivity index (χ4n) is 1.92. The fourth-order valence-corrected chi connectivity index (χ4v) is 2.68. The molecule has 0 unspecified atom stereocenters. The second kappa shape index (κ2) is 7.34. The van der Waals surface area contributed by atoms with Crippen molar-refractivity contribution < 1.29 is 9.32 Å². The van der Waals surface area contributed by atoms with Crippen LogP contribution in [-0.4, -0.2) is 21.0 Å². The number of aryl methyl sites for hydroxylation is 1. The molecule has 3 heterocycles. The lowest BCUT2D eigenvalue weighted by molar-refractivity contribution is -0.116. The van der Waals surface area contributed by atoms with Crippen molar-refractivity contribution in [2.75, 3.05) is 5.32 Å². The lowest BCUT2D eigenvalue weighted by atomic mass is 10.2. The normalized spacial score (nSPS) is 10.7. The lowest BCUT2D eigenvalue weighted by Gasteiger charge is -2.03. The van der Waals surface area contributed by atoms with Gasteiger partial charge in [0.1, 0.15) is 5.82 Å². The summed E-state index contributed by atoms with van der Waals surface area (Å²) in [7, 11) is 0. The van der Waals surface area contributed by atoms with Crippen molar-refractivity contribution in [2.45, 2.75) is 19.3 Å². The van der Waals surface area contributed by atoms with Gasteiger partial charge in [-0.2, -0.15) is 4.98 Å². The summed E-state index contributed by atoms with van der Waals surface area (Å²) in [6.07, 6.45) is 3.01. The van der Waals surface area contributed by atoms with Crippen LogP contribution in [0, 0.1) is 0 Å². The van der Waals surface area contributed by atoms with E-state index in [4.69, 9.17) is 16.1 Å². The van der Waals surface area contributed by atoms with Crippen LogP contribution < -0.4 is 5.32 Å². The molecule has 3 aromatic rings. The van der Waals surface area contributed by atoms with Crippen molar-refractivity contribution >= 4 is 34.7 Å². The molecule has 1 amide bonds. The SMILES string of the molecule is O=C(CCCc1nc(-c2cccs2)no1)Nc1ccc(Cl)cn1. The van der Waals surface area contributed by atoms with Gasteiger partial charge >= 0.3 is 0 Å². The topological polar surface area (TPSA) is 80.9 Å². The van der Waals surface area contributed by atoms with Crippen LogP contribution in [0.1, 0.15) is 18.7 Å². The maximum Gasteiger partial charge on any atom is 0.226 e. The van der Waals surface area contributed by atoms with E-state index in [0.717, 1.165) is 4.88 Å². The average molecular weight is 349 g/mol. The molecular weight excluding hydrogens is 336 g/mol. The minimum Gasteiger partial charge on any atom is -0.339 e. The van der Waals surface area contributed by atoms with Crippen LogP contribution in [0.25, 0.3) is 10.7 Å². The molecule has 0 saturated carbocycles. The zero-order chi connectivity index (χ0) is 16.1. The van der Waals surface area contributed by atoms with Gasteiger partial charge in [-0.3, -0.25) is 4.79 Å². The third-order valence-electron chi connectivity index (χ3n) is 3.00. The molecule has 0 aromatic carbocycles. The third-order valence-corrected chi connectivity index (χ3v) is 4.09. The highest BCUT2D eigenvalue weighted by atomic mass is 35.5. The van der Waals surface area contributed by atoms with Crippen molar-refractivity contribution in [1.29, 1.82) is 0 Å². The molecule has 0 aliphatic carbocycles. The summed E-state index contributed by atoms with van der Waals surface area (Å²) in [6.45, 7) is 0. The Balaban J connectivity index is 1.46. The molecule has 0 fully saturated rings. The molecule has 0 saturated heterocycles. The standard InChI is InChI=1S/C15H13ClN4O2S/c16-10-6-7-12(17-9-10)18-13(21)4-1-5-14-19-15(20-22-14)11-3-2-8-23-11/h2-3,6-9H,1,4-5H2,(H,17,18,21). The number of halogens is 1. The summed E-state index contributed by atoms with van der Waals surface area (Å²) in [6, 6.07) is 7.21. The van der Waals surface area contributed by atoms with Gasteiger partial charge in [0.15, 0.2) is 0 Å². The number of carbonyl (C=O) groups excluding carboxylic acids is 1. The Morgan fingerprint density at radius 1 is 1.35 bits per heavy atom. The van der Waals surface area contributed by atoms with Crippen LogP contribution in [0.2, 0.25) is 5.02 Å². The zero-order valence-electron chi connectivity index (χ0n) is 12.0. The van der Waals surface area contributed by atoms with Crippen molar-refractivity contribution in [1.82, 2.24) is 15.1 Å². The predicted octanol–water partition coefficient (Wildman–Crippen LogP) is 3.81. The van der Waals surface area contributed by atoms with Gasteiger partial charge in [0, 0.05) is 19.0 Å². The number of hydrogen-bond acceptors (Lipinski definition) is 6. The monoisotopic (exact) mass is 348 g/mol. The number of nitrogens with one attached hydrogen (secondary N) is 1. The van der Waals surface area contributed by atoms with E-state index in [1.807, 2.05) is 17.5 Å². The van der Waals surface area contributed by atoms with Gasteiger partial charge in [0.25, 0.3) is 0 Å². The molecular formula is C15H13ClN4O2S. The number of hydrogen-bond donors (Lipinski definition) is 1. The Morgan fingerprint density at radius 3 is 3.00 bits per heavy atom. The Hall–Kier alpha value is -2.25. The number of thiophene rings is 1. The first kappa shape index (κ1) is 15.6. The molecule has 0 bridgehead atoms. The van der Waals surface area contributed by atoms with E-state index in [9.17, 15) is 4.79 Å². The minimum atomic E-state index is -0.113. The number of carbonyl (C=O) groups is 1. The number of anilines is 1. The maximum absolute atomic E-state index is 11.8. The summed E-state index contributed by atoms with van der Waals surface area (Å²) >= 11 is 7.30. The molecule has 8 heteroatoms. The summed E-state index contributed by atoms with van der Waals surface area (Å²) in [5.41, 5.74) is 0. The first-order chi connectivity index (χ1) is 11.2. The summed E-state index contributed by atoms with van der Waals surface area (Å²) in [5, 5.41) is 9.13. The Bertz CT molecular complexity index is 771. The molecule has 3 aromatic heterocycles. The molecule has 0 aliphatic rings. The van der Waals surface area contributed by atoms with Gasteiger partial charge < -0.3 is 9.84 Å². The first-order valence-electron chi connectivity index (χ1n) is 6.98. The lowest BCUT2D eigenvalue weighted by Crippen LogP contribution is -2.12. The van der Waals surface area contributed by atoms with Gasteiger partial charge in [-0.15, -0.1) is 11.3 Å². The Labute approximate surface area is 141 Å². The van der Waals surface area contributed by atoms with E-state index in [1.165, 1.54) is 6.20 Å². The molecule has 0 spiro atoms. The second-order valence-electron chi connectivity index (χ2n) is 4.75. The molecule has 6 nitrogen and oxygen atoms in total. The van der Waals surface area contributed by atoms with Crippen LogP contribution in [0.4, 0.5) is 5.82 Å². The minimum absolute atomic E-state index is 0.113. The third kappa shape index (κ3) is 4.37. The molecule has 0 radical (unpaired) electrons. The van der Waals surface area contributed by atoms with Crippen molar-refractivity contribution in [3.05, 3.63) is 46.8 Å². The van der Waals surface area contributed by atoms with Crippen LogP contribution in [0.3, 0.4) is 0 Å². The van der Waals surface area contributed by atoms with Gasteiger partial charge in [-0.25, -0.2) is 4.98 Å². The number of aromatic nitrogens is 3. The summed E-state index contributed by atoms with van der Waals surface area (Å²) in [5.74, 6) is 1.49. The largest absolute Gasteiger partial charge is 0.339 e. The quantitative estimate of drug-likeness (QED) is 0.732. The smallest absolute Gasteiger partial charge is 0.226 e. The average Bonchev–Trinajstić information content (AvgIpc) is 3.20. The Morgan fingerprint density at radius 2 is 2.26 bits per heavy atom. The number of pyridine rings is 1. The highest BCUT2D eigenvalue weighted by molar-refractivity contribution is 7.13. The highest BCUT2D eigenvalue weighted by Gasteiger charge is 2.10.